The lowest BCUT2D eigenvalue weighted by Crippen LogP contribution is -2.39. The first-order chi connectivity index (χ1) is 8.19. The van der Waals surface area contributed by atoms with Crippen LogP contribution in [0.5, 0.6) is 0 Å². The number of rotatable bonds is 5. The number of aliphatic hydroxyl groups is 1. The van der Waals surface area contributed by atoms with E-state index >= 15 is 0 Å². The van der Waals surface area contributed by atoms with Crippen LogP contribution in [0.2, 0.25) is 5.02 Å². The van der Waals surface area contributed by atoms with Gasteiger partial charge in [-0.3, -0.25) is 0 Å². The van der Waals surface area contributed by atoms with Gasteiger partial charge in [0.2, 0.25) is 5.95 Å². The lowest BCUT2D eigenvalue weighted by atomic mass is 9.89. The van der Waals surface area contributed by atoms with Crippen LogP contribution in [0.4, 0.5) is 11.8 Å². The molecule has 5 nitrogen and oxygen atoms in total. The molecule has 94 valence electrons. The quantitative estimate of drug-likeness (QED) is 0.751. The fourth-order valence-corrected chi connectivity index (χ4v) is 1.83. The third kappa shape index (κ3) is 3.20. The summed E-state index contributed by atoms with van der Waals surface area (Å²) < 4.78 is 0. The minimum atomic E-state index is -0.189. The van der Waals surface area contributed by atoms with Gasteiger partial charge in [0.15, 0.2) is 5.82 Å². The smallest absolute Gasteiger partial charge is 0.224 e. The van der Waals surface area contributed by atoms with Gasteiger partial charge >= 0.3 is 0 Å². The minimum Gasteiger partial charge on any atom is -0.393 e. The SMILES string of the molecule is CCCNc1ncc(Cl)c(NC2CC(O)C2)n1. The number of hydrogen-bond acceptors (Lipinski definition) is 5. The van der Waals surface area contributed by atoms with E-state index in [2.05, 4.69) is 27.5 Å². The zero-order chi connectivity index (χ0) is 12.3. The van der Waals surface area contributed by atoms with Crippen molar-refractivity contribution in [3.05, 3.63) is 11.2 Å². The van der Waals surface area contributed by atoms with Gasteiger partial charge < -0.3 is 15.7 Å². The largest absolute Gasteiger partial charge is 0.393 e. The Morgan fingerprint density at radius 2 is 2.29 bits per heavy atom. The molecule has 0 amide bonds. The minimum absolute atomic E-state index is 0.189. The Kier molecular flexibility index (Phi) is 4.02. The van der Waals surface area contributed by atoms with Gasteiger partial charge in [0.05, 0.1) is 12.3 Å². The molecule has 17 heavy (non-hydrogen) atoms. The van der Waals surface area contributed by atoms with Crippen molar-refractivity contribution in [2.24, 2.45) is 0 Å². The molecule has 0 saturated heterocycles. The molecule has 0 radical (unpaired) electrons. The zero-order valence-electron chi connectivity index (χ0n) is 9.78. The van der Waals surface area contributed by atoms with E-state index in [1.165, 1.54) is 0 Å². The van der Waals surface area contributed by atoms with Crippen LogP contribution in [0.1, 0.15) is 26.2 Å². The van der Waals surface area contributed by atoms with E-state index in [0.29, 0.717) is 16.8 Å². The molecule has 6 heteroatoms. The van der Waals surface area contributed by atoms with E-state index in [1.807, 2.05) is 0 Å². The van der Waals surface area contributed by atoms with Gasteiger partial charge in [-0.2, -0.15) is 4.98 Å². The molecule has 1 fully saturated rings. The Morgan fingerprint density at radius 3 is 2.94 bits per heavy atom. The summed E-state index contributed by atoms with van der Waals surface area (Å²) >= 11 is 6.01. The highest BCUT2D eigenvalue weighted by Crippen LogP contribution is 2.27. The maximum atomic E-state index is 9.22. The monoisotopic (exact) mass is 256 g/mol. The maximum absolute atomic E-state index is 9.22. The summed E-state index contributed by atoms with van der Waals surface area (Å²) in [6.45, 7) is 2.92. The van der Waals surface area contributed by atoms with Gasteiger partial charge in [0, 0.05) is 12.6 Å². The molecule has 1 aliphatic rings. The molecule has 0 atom stereocenters. The Bertz CT molecular complexity index is 382. The normalized spacial score (nSPS) is 23.0. The maximum Gasteiger partial charge on any atom is 0.224 e. The first-order valence-electron chi connectivity index (χ1n) is 5.90. The number of aromatic nitrogens is 2. The topological polar surface area (TPSA) is 70.1 Å². The summed E-state index contributed by atoms with van der Waals surface area (Å²) in [5, 5.41) is 16.0. The van der Waals surface area contributed by atoms with E-state index in [-0.39, 0.29) is 12.1 Å². The molecule has 1 saturated carbocycles. The summed E-state index contributed by atoms with van der Waals surface area (Å²) in [6, 6.07) is 0.261. The lowest BCUT2D eigenvalue weighted by Gasteiger charge is -2.32. The van der Waals surface area contributed by atoms with Crippen LogP contribution in [-0.4, -0.2) is 33.8 Å². The second-order valence-corrected chi connectivity index (χ2v) is 4.69. The summed E-state index contributed by atoms with van der Waals surface area (Å²) in [5.41, 5.74) is 0. The van der Waals surface area contributed by atoms with Crippen LogP contribution in [-0.2, 0) is 0 Å². The highest BCUT2D eigenvalue weighted by atomic mass is 35.5. The Morgan fingerprint density at radius 1 is 1.53 bits per heavy atom. The van der Waals surface area contributed by atoms with Crippen LogP contribution >= 0.6 is 11.6 Å². The number of nitrogens with one attached hydrogen (secondary N) is 2. The van der Waals surface area contributed by atoms with Gasteiger partial charge in [-0.25, -0.2) is 4.98 Å². The average Bonchev–Trinajstić information content (AvgIpc) is 2.28. The van der Waals surface area contributed by atoms with Crippen molar-refractivity contribution in [1.82, 2.24) is 9.97 Å². The van der Waals surface area contributed by atoms with Crippen molar-refractivity contribution < 1.29 is 5.11 Å². The predicted octanol–water partition coefficient (Wildman–Crippen LogP) is 1.89. The molecule has 1 aromatic heterocycles. The van der Waals surface area contributed by atoms with Gasteiger partial charge in [0.1, 0.15) is 5.02 Å². The second-order valence-electron chi connectivity index (χ2n) is 4.28. The Hall–Kier alpha value is -1.07. The fourth-order valence-electron chi connectivity index (χ4n) is 1.69. The van der Waals surface area contributed by atoms with E-state index < -0.39 is 0 Å². The molecule has 0 aromatic carbocycles. The van der Waals surface area contributed by atoms with Crippen molar-refractivity contribution in [2.75, 3.05) is 17.2 Å². The summed E-state index contributed by atoms with van der Waals surface area (Å²) in [4.78, 5) is 8.41. The number of aliphatic hydroxyl groups excluding tert-OH is 1. The van der Waals surface area contributed by atoms with Crippen LogP contribution in [0, 0.1) is 0 Å². The van der Waals surface area contributed by atoms with Gasteiger partial charge in [-0.1, -0.05) is 18.5 Å². The third-order valence-corrected chi connectivity index (χ3v) is 3.01. The van der Waals surface area contributed by atoms with Crippen LogP contribution in [0.3, 0.4) is 0 Å². The van der Waals surface area contributed by atoms with Gasteiger partial charge in [-0.15, -0.1) is 0 Å². The molecular formula is C11H17ClN4O. The third-order valence-electron chi connectivity index (χ3n) is 2.73. The zero-order valence-corrected chi connectivity index (χ0v) is 10.5. The first kappa shape index (κ1) is 12.4. The van der Waals surface area contributed by atoms with Crippen molar-refractivity contribution in [3.63, 3.8) is 0 Å². The molecular weight excluding hydrogens is 240 g/mol. The van der Waals surface area contributed by atoms with Crippen LogP contribution < -0.4 is 10.6 Å². The van der Waals surface area contributed by atoms with E-state index in [4.69, 9.17) is 11.6 Å². The van der Waals surface area contributed by atoms with Gasteiger partial charge in [0.25, 0.3) is 0 Å². The standard InChI is InChI=1S/C11H17ClN4O/c1-2-3-13-11-14-6-9(12)10(16-11)15-7-4-8(17)5-7/h6-8,17H,2-5H2,1H3,(H2,13,14,15,16). The second kappa shape index (κ2) is 5.51. The van der Waals surface area contributed by atoms with E-state index in [1.54, 1.807) is 6.20 Å². The van der Waals surface area contributed by atoms with Crippen molar-refractivity contribution in [3.8, 4) is 0 Å². The molecule has 0 bridgehead atoms. The van der Waals surface area contributed by atoms with Crippen molar-refractivity contribution in [1.29, 1.82) is 0 Å². The highest BCUT2D eigenvalue weighted by molar-refractivity contribution is 6.32. The lowest BCUT2D eigenvalue weighted by molar-refractivity contribution is 0.0835. The molecule has 1 aromatic rings. The molecule has 2 rings (SSSR count). The molecule has 0 aliphatic heterocycles. The average molecular weight is 257 g/mol. The fraction of sp³-hybridized carbons (Fsp3) is 0.636. The number of hydrogen-bond donors (Lipinski definition) is 3. The molecule has 3 N–H and O–H groups in total. The molecule has 0 spiro atoms. The first-order valence-corrected chi connectivity index (χ1v) is 6.28. The number of nitrogens with zero attached hydrogens (tertiary/aromatic N) is 2. The molecule has 1 heterocycles. The summed E-state index contributed by atoms with van der Waals surface area (Å²) in [5.74, 6) is 1.22. The number of halogens is 1. The molecule has 0 unspecified atom stereocenters. The number of anilines is 2. The van der Waals surface area contributed by atoms with E-state index in [0.717, 1.165) is 25.8 Å². The predicted molar refractivity (Wildman–Crippen MR) is 68.5 cm³/mol. The van der Waals surface area contributed by atoms with E-state index in [9.17, 15) is 5.11 Å². The van der Waals surface area contributed by atoms with Crippen molar-refractivity contribution in [2.45, 2.75) is 38.3 Å². The summed E-state index contributed by atoms with van der Waals surface area (Å²) in [7, 11) is 0. The Balaban J connectivity index is 1.99. The van der Waals surface area contributed by atoms with Gasteiger partial charge in [-0.05, 0) is 19.3 Å². The van der Waals surface area contributed by atoms with Crippen molar-refractivity contribution >= 4 is 23.4 Å². The van der Waals surface area contributed by atoms with Crippen LogP contribution in [0.25, 0.3) is 0 Å². The highest BCUT2D eigenvalue weighted by Gasteiger charge is 2.27. The molecule has 1 aliphatic carbocycles. The summed E-state index contributed by atoms with van der Waals surface area (Å²) in [6.07, 6.45) is 3.91. The van der Waals surface area contributed by atoms with Crippen LogP contribution in [0.15, 0.2) is 6.20 Å². The Labute approximate surface area is 106 Å².